The molecule has 102 valence electrons. The van der Waals surface area contributed by atoms with Gasteiger partial charge in [0.2, 0.25) is 0 Å². The summed E-state index contributed by atoms with van der Waals surface area (Å²) in [5.74, 6) is 0.179. The van der Waals surface area contributed by atoms with E-state index in [0.29, 0.717) is 5.03 Å². The summed E-state index contributed by atoms with van der Waals surface area (Å²) in [5.41, 5.74) is 0.339. The van der Waals surface area contributed by atoms with E-state index in [2.05, 4.69) is 11.8 Å². The van der Waals surface area contributed by atoms with Gasteiger partial charge in [0.15, 0.2) is 0 Å². The fraction of sp³-hybridized carbons (Fsp3) is 0.714. The van der Waals surface area contributed by atoms with Crippen LogP contribution in [-0.2, 0) is 4.79 Å². The molecule has 1 amide bonds. The van der Waals surface area contributed by atoms with E-state index in [0.717, 1.165) is 18.4 Å². The summed E-state index contributed by atoms with van der Waals surface area (Å²) < 4.78 is 0. The molecule has 0 unspecified atom stereocenters. The number of hydrogen-bond acceptors (Lipinski definition) is 2. The van der Waals surface area contributed by atoms with Crippen molar-refractivity contribution >= 4 is 24.2 Å². The van der Waals surface area contributed by atoms with Crippen LogP contribution in [0.2, 0.25) is 0 Å². The van der Waals surface area contributed by atoms with Gasteiger partial charge in [-0.05, 0) is 46.5 Å². The van der Waals surface area contributed by atoms with Crippen LogP contribution in [0.3, 0.4) is 0 Å². The fourth-order valence-corrected chi connectivity index (χ4v) is 2.75. The molecule has 0 radical (unpaired) electrons. The van der Waals surface area contributed by atoms with Gasteiger partial charge in [-0.15, -0.1) is 0 Å². The van der Waals surface area contributed by atoms with Crippen LogP contribution in [0.4, 0.5) is 0 Å². The van der Waals surface area contributed by atoms with E-state index in [9.17, 15) is 4.79 Å². The maximum atomic E-state index is 12.6. The maximum Gasteiger partial charge on any atom is 0.271 e. The highest BCUT2D eigenvalue weighted by Gasteiger charge is 2.33. The van der Waals surface area contributed by atoms with E-state index in [4.69, 9.17) is 11.6 Å². The number of hydrogen-bond donors (Lipinski definition) is 0. The Kier molecular flexibility index (Phi) is 4.97. The molecule has 0 N–H and O–H groups in total. The van der Waals surface area contributed by atoms with Crippen LogP contribution in [0.15, 0.2) is 15.7 Å². The second-order valence-corrected chi connectivity index (χ2v) is 6.42. The minimum absolute atomic E-state index is 0.100. The minimum Gasteiger partial charge on any atom is -0.267 e. The number of allylic oxidation sites excluding steroid dienone is 1. The second-order valence-electron chi connectivity index (χ2n) is 5.86. The van der Waals surface area contributed by atoms with Crippen molar-refractivity contribution in [3.05, 3.63) is 10.6 Å². The molecule has 1 saturated carbocycles. The Morgan fingerprint density at radius 1 is 1.33 bits per heavy atom. The van der Waals surface area contributed by atoms with E-state index < -0.39 is 0 Å². The van der Waals surface area contributed by atoms with E-state index >= 15 is 0 Å². The molecule has 1 fully saturated rings. The number of amides is 1. The first kappa shape index (κ1) is 15.2. The van der Waals surface area contributed by atoms with Gasteiger partial charge in [0.25, 0.3) is 5.91 Å². The summed E-state index contributed by atoms with van der Waals surface area (Å²) in [6.07, 6.45) is 4.42. The topological polar surface area (TPSA) is 32.7 Å². The second kappa shape index (κ2) is 5.87. The molecule has 18 heavy (non-hydrogen) atoms. The van der Waals surface area contributed by atoms with Gasteiger partial charge in [0.1, 0.15) is 0 Å². The van der Waals surface area contributed by atoms with Gasteiger partial charge < -0.3 is 0 Å². The third kappa shape index (κ3) is 3.35. The van der Waals surface area contributed by atoms with Crippen LogP contribution < -0.4 is 0 Å². The maximum absolute atomic E-state index is 12.6. The molecule has 0 bridgehead atoms. The summed E-state index contributed by atoms with van der Waals surface area (Å²) in [5, 5.41) is 5.90. The zero-order chi connectivity index (χ0) is 13.9. The van der Waals surface area contributed by atoms with Crippen LogP contribution in [0.5, 0.6) is 0 Å². The van der Waals surface area contributed by atoms with E-state index in [-0.39, 0.29) is 17.4 Å². The van der Waals surface area contributed by atoms with Crippen molar-refractivity contribution in [3.63, 3.8) is 0 Å². The van der Waals surface area contributed by atoms with Crippen molar-refractivity contribution in [1.29, 1.82) is 0 Å². The SMILES string of the molecule is C=NN(C(=O)/C(=C(\C)Cl)C1CCCC1)C(C)(C)C. The van der Waals surface area contributed by atoms with Gasteiger partial charge in [0.05, 0.1) is 5.54 Å². The molecule has 3 nitrogen and oxygen atoms in total. The van der Waals surface area contributed by atoms with E-state index in [1.54, 1.807) is 6.92 Å². The number of hydrazone groups is 1. The first-order valence-corrected chi connectivity index (χ1v) is 6.84. The molecule has 0 aromatic carbocycles. The predicted molar refractivity (Wildman–Crippen MR) is 76.7 cm³/mol. The number of carbonyl (C=O) groups excluding carboxylic acids is 1. The van der Waals surface area contributed by atoms with Crippen molar-refractivity contribution < 1.29 is 4.79 Å². The molecule has 0 heterocycles. The van der Waals surface area contributed by atoms with Gasteiger partial charge in [0, 0.05) is 17.3 Å². The van der Waals surface area contributed by atoms with Crippen LogP contribution in [0.1, 0.15) is 53.4 Å². The zero-order valence-corrected chi connectivity index (χ0v) is 12.5. The van der Waals surface area contributed by atoms with Crippen LogP contribution in [-0.4, -0.2) is 23.2 Å². The highest BCUT2D eigenvalue weighted by molar-refractivity contribution is 6.31. The molecule has 4 heteroatoms. The van der Waals surface area contributed by atoms with Crippen molar-refractivity contribution in [2.45, 2.75) is 58.9 Å². The Morgan fingerprint density at radius 2 is 1.83 bits per heavy atom. The van der Waals surface area contributed by atoms with Gasteiger partial charge >= 0.3 is 0 Å². The summed E-state index contributed by atoms with van der Waals surface area (Å²) >= 11 is 6.14. The number of rotatable bonds is 3. The smallest absolute Gasteiger partial charge is 0.267 e. The molecule has 1 rings (SSSR count). The number of carbonyl (C=O) groups is 1. The van der Waals surface area contributed by atoms with Gasteiger partial charge in [-0.25, -0.2) is 5.01 Å². The molecule has 0 aliphatic heterocycles. The summed E-state index contributed by atoms with van der Waals surface area (Å²) in [7, 11) is 0. The largest absolute Gasteiger partial charge is 0.271 e. The number of nitrogens with zero attached hydrogens (tertiary/aromatic N) is 2. The van der Waals surface area contributed by atoms with Crippen LogP contribution in [0.25, 0.3) is 0 Å². The first-order chi connectivity index (χ1) is 8.29. The lowest BCUT2D eigenvalue weighted by Gasteiger charge is -2.32. The molecule has 1 aliphatic rings. The van der Waals surface area contributed by atoms with E-state index in [1.165, 1.54) is 17.9 Å². The Morgan fingerprint density at radius 3 is 2.17 bits per heavy atom. The quantitative estimate of drug-likeness (QED) is 0.434. The van der Waals surface area contributed by atoms with Crippen molar-refractivity contribution in [2.24, 2.45) is 11.0 Å². The molecule has 0 spiro atoms. The van der Waals surface area contributed by atoms with Crippen molar-refractivity contribution in [2.75, 3.05) is 0 Å². The molecular formula is C14H23ClN2O. The van der Waals surface area contributed by atoms with Gasteiger partial charge in [-0.1, -0.05) is 24.4 Å². The summed E-state index contributed by atoms with van der Waals surface area (Å²) in [6, 6.07) is 0. The Bertz CT molecular complexity index is 358. The Balaban J connectivity index is 3.04. The highest BCUT2D eigenvalue weighted by Crippen LogP contribution is 2.35. The summed E-state index contributed by atoms with van der Waals surface area (Å²) in [4.78, 5) is 12.6. The molecule has 0 aromatic rings. The van der Waals surface area contributed by atoms with Crippen molar-refractivity contribution in [3.8, 4) is 0 Å². The first-order valence-electron chi connectivity index (χ1n) is 6.46. The molecule has 0 atom stereocenters. The normalized spacial score (nSPS) is 18.5. The third-order valence-electron chi connectivity index (χ3n) is 3.33. The van der Waals surface area contributed by atoms with Crippen LogP contribution >= 0.6 is 11.6 Å². The minimum atomic E-state index is -0.380. The monoisotopic (exact) mass is 270 g/mol. The highest BCUT2D eigenvalue weighted by atomic mass is 35.5. The molecule has 0 saturated heterocycles. The predicted octanol–water partition coefficient (Wildman–Crippen LogP) is 3.93. The van der Waals surface area contributed by atoms with Gasteiger partial charge in [-0.2, -0.15) is 5.10 Å². The Hall–Kier alpha value is -0.830. The standard InChI is InChI=1S/C14H23ClN2O/c1-10(15)12(11-8-6-7-9-11)13(18)17(16-5)14(2,3)4/h11H,5-9H2,1-4H3/b12-10+. The number of halogens is 1. The molecule has 0 aromatic heterocycles. The van der Waals surface area contributed by atoms with Gasteiger partial charge in [-0.3, -0.25) is 4.79 Å². The Labute approximate surface area is 115 Å². The zero-order valence-electron chi connectivity index (χ0n) is 11.8. The van der Waals surface area contributed by atoms with E-state index in [1.807, 2.05) is 20.8 Å². The molecular weight excluding hydrogens is 248 g/mol. The lowest BCUT2D eigenvalue weighted by atomic mass is 9.94. The molecule has 1 aliphatic carbocycles. The third-order valence-corrected chi connectivity index (χ3v) is 3.54. The summed E-state index contributed by atoms with van der Waals surface area (Å²) in [6.45, 7) is 11.1. The lowest BCUT2D eigenvalue weighted by Crippen LogP contribution is -2.43. The van der Waals surface area contributed by atoms with Crippen molar-refractivity contribution in [1.82, 2.24) is 5.01 Å². The fourth-order valence-electron chi connectivity index (χ4n) is 2.51. The van der Waals surface area contributed by atoms with Crippen LogP contribution in [0, 0.1) is 5.92 Å². The average molecular weight is 271 g/mol. The lowest BCUT2D eigenvalue weighted by molar-refractivity contribution is -0.132. The average Bonchev–Trinajstić information content (AvgIpc) is 2.69.